The summed E-state index contributed by atoms with van der Waals surface area (Å²) < 4.78 is 35.1. The van der Waals surface area contributed by atoms with Crippen LogP contribution in [0.5, 0.6) is 0 Å². The Bertz CT molecular complexity index is 769. The maximum atomic E-state index is 11.9. The molecule has 24 heavy (non-hydrogen) atoms. The first-order valence-corrected chi connectivity index (χ1v) is 9.67. The van der Waals surface area contributed by atoms with Crippen molar-refractivity contribution in [3.63, 3.8) is 0 Å². The van der Waals surface area contributed by atoms with Crippen molar-refractivity contribution < 1.29 is 22.4 Å². The third kappa shape index (κ3) is 5.12. The average Bonchev–Trinajstić information content (AvgIpc) is 3.03. The molecule has 1 aromatic heterocycles. The Morgan fingerprint density at radius 2 is 1.88 bits per heavy atom. The number of rotatable bonds is 8. The fraction of sp³-hybridized carbons (Fsp3) is 0.312. The Labute approximate surface area is 145 Å². The Balaban J connectivity index is 1.77. The summed E-state index contributed by atoms with van der Waals surface area (Å²) in [5.41, 5.74) is 0. The van der Waals surface area contributed by atoms with Crippen molar-refractivity contribution in [3.05, 3.63) is 48.2 Å². The van der Waals surface area contributed by atoms with E-state index < -0.39 is 10.0 Å². The van der Waals surface area contributed by atoms with Gasteiger partial charge in [0.15, 0.2) is 0 Å². The van der Waals surface area contributed by atoms with Crippen molar-refractivity contribution in [1.82, 2.24) is 4.31 Å². The van der Waals surface area contributed by atoms with E-state index in [1.165, 1.54) is 26.2 Å². The van der Waals surface area contributed by atoms with Gasteiger partial charge in [-0.05, 0) is 24.3 Å². The first kappa shape index (κ1) is 18.6. The molecule has 1 aromatic carbocycles. The number of hydrogen-bond donors (Lipinski definition) is 0. The van der Waals surface area contributed by atoms with E-state index in [4.69, 9.17) is 9.15 Å². The number of sulfonamides is 1. The Morgan fingerprint density at radius 1 is 1.17 bits per heavy atom. The van der Waals surface area contributed by atoms with Gasteiger partial charge in [-0.1, -0.05) is 18.2 Å². The van der Waals surface area contributed by atoms with Crippen LogP contribution in [0.2, 0.25) is 0 Å². The molecule has 0 spiro atoms. The van der Waals surface area contributed by atoms with Crippen LogP contribution in [0.3, 0.4) is 0 Å². The predicted molar refractivity (Wildman–Crippen MR) is 91.2 cm³/mol. The van der Waals surface area contributed by atoms with Crippen molar-refractivity contribution in [2.75, 3.05) is 19.8 Å². The Morgan fingerprint density at radius 3 is 2.54 bits per heavy atom. The molecule has 2 aromatic rings. The van der Waals surface area contributed by atoms with Crippen LogP contribution in [0.4, 0.5) is 0 Å². The van der Waals surface area contributed by atoms with E-state index in [-0.39, 0.29) is 24.1 Å². The fourth-order valence-corrected chi connectivity index (χ4v) is 3.41. The van der Waals surface area contributed by atoms with Gasteiger partial charge in [0.25, 0.3) is 10.0 Å². The lowest BCUT2D eigenvalue weighted by atomic mass is 10.4. The lowest BCUT2D eigenvalue weighted by Gasteiger charge is -2.07. The number of ether oxygens (including phenoxy) is 1. The summed E-state index contributed by atoms with van der Waals surface area (Å²) in [7, 11) is -0.779. The standard InChI is InChI=1S/C16H19NO5S2/c1-17(2)24(19,20)16-9-8-13(22-16)12-21-15(18)10-11-23-14-6-4-3-5-7-14/h3-9H,10-12H2,1-2H3. The summed E-state index contributed by atoms with van der Waals surface area (Å²) in [5, 5.41) is -0.168. The van der Waals surface area contributed by atoms with Gasteiger partial charge in [-0.15, -0.1) is 11.8 Å². The zero-order chi connectivity index (χ0) is 17.6. The highest BCUT2D eigenvalue weighted by atomic mass is 32.2. The molecular formula is C16H19NO5S2. The minimum atomic E-state index is -3.62. The van der Waals surface area contributed by atoms with Gasteiger partial charge in [0.1, 0.15) is 12.4 Å². The summed E-state index contributed by atoms with van der Waals surface area (Å²) in [4.78, 5) is 12.8. The van der Waals surface area contributed by atoms with E-state index in [0.717, 1.165) is 9.20 Å². The van der Waals surface area contributed by atoms with Gasteiger partial charge in [-0.2, -0.15) is 0 Å². The molecule has 0 aliphatic heterocycles. The number of nitrogens with zero attached hydrogens (tertiary/aromatic N) is 1. The predicted octanol–water partition coefficient (Wildman–Crippen LogP) is 2.76. The van der Waals surface area contributed by atoms with Crippen LogP contribution in [0, 0.1) is 0 Å². The van der Waals surface area contributed by atoms with Gasteiger partial charge >= 0.3 is 5.97 Å². The lowest BCUT2D eigenvalue weighted by molar-refractivity contribution is -0.145. The summed E-state index contributed by atoms with van der Waals surface area (Å²) in [5.74, 6) is 0.549. The van der Waals surface area contributed by atoms with Gasteiger partial charge < -0.3 is 9.15 Å². The fourth-order valence-electron chi connectivity index (χ4n) is 1.75. The van der Waals surface area contributed by atoms with Crippen molar-refractivity contribution in [3.8, 4) is 0 Å². The van der Waals surface area contributed by atoms with Gasteiger partial charge in [0.05, 0.1) is 6.42 Å². The third-order valence-corrected chi connectivity index (χ3v) is 5.77. The second kappa shape index (κ2) is 8.36. The van der Waals surface area contributed by atoms with Gasteiger partial charge in [-0.25, -0.2) is 12.7 Å². The molecule has 0 unspecified atom stereocenters. The molecule has 0 N–H and O–H groups in total. The lowest BCUT2D eigenvalue weighted by Crippen LogP contribution is -2.21. The summed E-state index contributed by atoms with van der Waals surface area (Å²) in [6.45, 7) is -0.0855. The molecule has 0 fully saturated rings. The molecule has 0 radical (unpaired) electrons. The average molecular weight is 369 g/mol. The second-order valence-corrected chi connectivity index (χ2v) is 8.33. The van der Waals surface area contributed by atoms with Crippen LogP contribution in [-0.2, 0) is 26.2 Å². The monoisotopic (exact) mass is 369 g/mol. The van der Waals surface area contributed by atoms with E-state index in [9.17, 15) is 13.2 Å². The number of furan rings is 1. The van der Waals surface area contributed by atoms with Gasteiger partial charge in [0, 0.05) is 24.7 Å². The van der Waals surface area contributed by atoms with Crippen LogP contribution >= 0.6 is 11.8 Å². The highest BCUT2D eigenvalue weighted by Gasteiger charge is 2.21. The minimum Gasteiger partial charge on any atom is -0.457 e. The Kier molecular flexibility index (Phi) is 6.47. The maximum absolute atomic E-state index is 11.9. The zero-order valence-corrected chi connectivity index (χ0v) is 15.1. The smallest absolute Gasteiger partial charge is 0.307 e. The van der Waals surface area contributed by atoms with Crippen molar-refractivity contribution >= 4 is 27.8 Å². The summed E-state index contributed by atoms with van der Waals surface area (Å²) in [6, 6.07) is 12.6. The molecule has 0 saturated carbocycles. The number of hydrogen-bond acceptors (Lipinski definition) is 6. The van der Waals surface area contributed by atoms with Crippen molar-refractivity contribution in [2.24, 2.45) is 0 Å². The number of esters is 1. The topological polar surface area (TPSA) is 76.8 Å². The number of carbonyl (C=O) groups is 1. The first-order chi connectivity index (χ1) is 11.4. The molecule has 6 nitrogen and oxygen atoms in total. The largest absolute Gasteiger partial charge is 0.457 e. The van der Waals surface area contributed by atoms with E-state index in [1.807, 2.05) is 30.3 Å². The van der Waals surface area contributed by atoms with Crippen molar-refractivity contribution in [1.29, 1.82) is 0 Å². The van der Waals surface area contributed by atoms with Crippen molar-refractivity contribution in [2.45, 2.75) is 23.0 Å². The molecule has 0 saturated heterocycles. The van der Waals surface area contributed by atoms with Crippen LogP contribution < -0.4 is 0 Å². The molecule has 2 rings (SSSR count). The highest BCUT2D eigenvalue weighted by Crippen LogP contribution is 2.19. The molecule has 130 valence electrons. The molecular weight excluding hydrogens is 350 g/mol. The normalized spacial score (nSPS) is 11.6. The molecule has 8 heteroatoms. The van der Waals surface area contributed by atoms with Crippen LogP contribution in [-0.4, -0.2) is 38.5 Å². The first-order valence-electron chi connectivity index (χ1n) is 7.24. The maximum Gasteiger partial charge on any atom is 0.307 e. The van der Waals surface area contributed by atoms with E-state index >= 15 is 0 Å². The zero-order valence-electron chi connectivity index (χ0n) is 13.5. The Hall–Kier alpha value is -1.77. The summed E-state index contributed by atoms with van der Waals surface area (Å²) in [6.07, 6.45) is 0.267. The van der Waals surface area contributed by atoms with E-state index in [0.29, 0.717) is 11.5 Å². The minimum absolute atomic E-state index is 0.0855. The molecule has 0 aliphatic rings. The van der Waals surface area contributed by atoms with Crippen LogP contribution in [0.25, 0.3) is 0 Å². The van der Waals surface area contributed by atoms with E-state index in [1.54, 1.807) is 11.8 Å². The molecule has 0 bridgehead atoms. The molecule has 0 atom stereocenters. The number of benzene rings is 1. The van der Waals surface area contributed by atoms with Crippen LogP contribution in [0.15, 0.2) is 56.9 Å². The quantitative estimate of drug-likeness (QED) is 0.526. The number of carbonyl (C=O) groups excluding carboxylic acids is 1. The SMILES string of the molecule is CN(C)S(=O)(=O)c1ccc(COC(=O)CCSc2ccccc2)o1. The summed E-state index contributed by atoms with van der Waals surface area (Å²) >= 11 is 1.57. The van der Waals surface area contributed by atoms with Gasteiger partial charge in [-0.3, -0.25) is 4.79 Å². The molecule has 0 amide bonds. The number of thioether (sulfide) groups is 1. The third-order valence-electron chi connectivity index (χ3n) is 3.07. The van der Waals surface area contributed by atoms with Gasteiger partial charge in [0.2, 0.25) is 5.09 Å². The molecule has 1 heterocycles. The molecule has 0 aliphatic carbocycles. The highest BCUT2D eigenvalue weighted by molar-refractivity contribution is 7.99. The van der Waals surface area contributed by atoms with Crippen LogP contribution in [0.1, 0.15) is 12.2 Å². The second-order valence-electron chi connectivity index (χ2n) is 5.08. The van der Waals surface area contributed by atoms with E-state index in [2.05, 4.69) is 0 Å².